The third kappa shape index (κ3) is 4.00. The number of benzene rings is 1. The maximum absolute atomic E-state index is 12.7. The highest BCUT2D eigenvalue weighted by Crippen LogP contribution is 2.38. The molecule has 138 valence electrons. The lowest BCUT2D eigenvalue weighted by Gasteiger charge is -2.41. The molecule has 2 saturated heterocycles. The molecular formula is C19H28N2O4. The minimum Gasteiger partial charge on any atom is -0.493 e. The third-order valence-corrected chi connectivity index (χ3v) is 5.19. The van der Waals surface area contributed by atoms with Crippen LogP contribution in [0.25, 0.3) is 0 Å². The predicted molar refractivity (Wildman–Crippen MR) is 95.5 cm³/mol. The number of amides is 1. The number of rotatable bonds is 6. The number of methoxy groups -OCH3 is 3. The summed E-state index contributed by atoms with van der Waals surface area (Å²) >= 11 is 0. The van der Waals surface area contributed by atoms with Crippen LogP contribution in [-0.2, 0) is 11.2 Å². The zero-order chi connectivity index (χ0) is 17.8. The van der Waals surface area contributed by atoms with Crippen molar-refractivity contribution in [3.63, 3.8) is 0 Å². The van der Waals surface area contributed by atoms with Gasteiger partial charge in [0, 0.05) is 19.5 Å². The average Bonchev–Trinajstić information content (AvgIpc) is 2.64. The Bertz CT molecular complexity index is 582. The van der Waals surface area contributed by atoms with Gasteiger partial charge < -0.3 is 24.4 Å². The molecule has 0 unspecified atom stereocenters. The molecule has 6 nitrogen and oxygen atoms in total. The van der Waals surface area contributed by atoms with E-state index in [2.05, 4.69) is 10.2 Å². The Hall–Kier alpha value is -1.95. The number of nitrogens with one attached hydrogen (secondary N) is 1. The van der Waals surface area contributed by atoms with Crippen LogP contribution in [0.1, 0.15) is 18.4 Å². The van der Waals surface area contributed by atoms with Gasteiger partial charge in [0.25, 0.3) is 0 Å². The lowest BCUT2D eigenvalue weighted by Crippen LogP contribution is -2.52. The molecule has 2 bridgehead atoms. The summed E-state index contributed by atoms with van der Waals surface area (Å²) in [6.07, 6.45) is 2.43. The standard InChI is InChI=1S/C19H28N2O4/c1-23-16-7-13(8-17(24-2)19(16)25-3)4-5-18(22)21-11-14-6-15(12-21)10-20-9-14/h7-8,14-15,20H,4-6,9-12H2,1-3H3/t14-,15+. The number of carbonyl (C=O) groups is 1. The fraction of sp³-hybridized carbons (Fsp3) is 0.632. The van der Waals surface area contributed by atoms with E-state index >= 15 is 0 Å². The molecule has 0 aromatic heterocycles. The monoisotopic (exact) mass is 348 g/mol. The van der Waals surface area contributed by atoms with E-state index in [9.17, 15) is 4.79 Å². The zero-order valence-electron chi connectivity index (χ0n) is 15.3. The van der Waals surface area contributed by atoms with Crippen molar-refractivity contribution >= 4 is 5.91 Å². The molecule has 1 aromatic carbocycles. The first-order valence-corrected chi connectivity index (χ1v) is 8.92. The van der Waals surface area contributed by atoms with Gasteiger partial charge in [0.15, 0.2) is 11.5 Å². The molecule has 1 amide bonds. The Labute approximate surface area is 149 Å². The Morgan fingerprint density at radius 1 is 1.08 bits per heavy atom. The summed E-state index contributed by atoms with van der Waals surface area (Å²) in [4.78, 5) is 14.7. The van der Waals surface area contributed by atoms with E-state index < -0.39 is 0 Å². The van der Waals surface area contributed by atoms with E-state index in [1.165, 1.54) is 6.42 Å². The van der Waals surface area contributed by atoms with Crippen LogP contribution in [0, 0.1) is 11.8 Å². The van der Waals surface area contributed by atoms with Crippen molar-refractivity contribution < 1.29 is 19.0 Å². The first-order valence-electron chi connectivity index (χ1n) is 8.92. The quantitative estimate of drug-likeness (QED) is 0.848. The molecule has 25 heavy (non-hydrogen) atoms. The molecule has 0 saturated carbocycles. The number of nitrogens with zero attached hydrogens (tertiary/aromatic N) is 1. The topological polar surface area (TPSA) is 60.0 Å². The number of piperidine rings is 2. The van der Waals surface area contributed by atoms with Crippen molar-refractivity contribution in [3.8, 4) is 17.2 Å². The molecule has 3 rings (SSSR count). The van der Waals surface area contributed by atoms with E-state index in [0.29, 0.717) is 41.9 Å². The molecule has 2 aliphatic heterocycles. The maximum atomic E-state index is 12.7. The summed E-state index contributed by atoms with van der Waals surface area (Å²) in [6.45, 7) is 3.84. The first-order chi connectivity index (χ1) is 12.1. The minimum atomic E-state index is 0.241. The second kappa shape index (κ2) is 7.95. The second-order valence-electron chi connectivity index (χ2n) is 6.96. The molecule has 2 fully saturated rings. The Morgan fingerprint density at radius 2 is 1.68 bits per heavy atom. The lowest BCUT2D eigenvalue weighted by molar-refractivity contribution is -0.134. The highest BCUT2D eigenvalue weighted by atomic mass is 16.5. The second-order valence-corrected chi connectivity index (χ2v) is 6.96. The smallest absolute Gasteiger partial charge is 0.222 e. The van der Waals surface area contributed by atoms with Gasteiger partial charge in [-0.2, -0.15) is 0 Å². The number of likely N-dealkylation sites (tertiary alicyclic amines) is 1. The highest BCUT2D eigenvalue weighted by Gasteiger charge is 2.32. The van der Waals surface area contributed by atoms with Crippen molar-refractivity contribution in [1.82, 2.24) is 10.2 Å². The largest absolute Gasteiger partial charge is 0.493 e. The summed E-state index contributed by atoms with van der Waals surface area (Å²) < 4.78 is 16.1. The predicted octanol–water partition coefficient (Wildman–Crippen LogP) is 1.71. The molecule has 2 aliphatic rings. The van der Waals surface area contributed by atoms with Gasteiger partial charge in [0.05, 0.1) is 21.3 Å². The molecule has 2 heterocycles. The van der Waals surface area contributed by atoms with Gasteiger partial charge >= 0.3 is 0 Å². The fourth-order valence-corrected chi connectivity index (χ4v) is 4.00. The summed E-state index contributed by atoms with van der Waals surface area (Å²) in [6, 6.07) is 3.84. The van der Waals surface area contributed by atoms with Crippen LogP contribution < -0.4 is 19.5 Å². The molecule has 0 spiro atoms. The van der Waals surface area contributed by atoms with Crippen molar-refractivity contribution in [3.05, 3.63) is 17.7 Å². The van der Waals surface area contributed by atoms with Crippen molar-refractivity contribution in [2.75, 3.05) is 47.5 Å². The van der Waals surface area contributed by atoms with Crippen LogP contribution >= 0.6 is 0 Å². The summed E-state index contributed by atoms with van der Waals surface area (Å²) in [5.41, 5.74) is 1.02. The van der Waals surface area contributed by atoms with Gasteiger partial charge in [-0.15, -0.1) is 0 Å². The van der Waals surface area contributed by atoms with Gasteiger partial charge in [-0.3, -0.25) is 4.79 Å². The van der Waals surface area contributed by atoms with Gasteiger partial charge in [-0.25, -0.2) is 0 Å². The van der Waals surface area contributed by atoms with Gasteiger partial charge in [0.1, 0.15) is 0 Å². The van der Waals surface area contributed by atoms with Gasteiger partial charge in [-0.1, -0.05) is 0 Å². The van der Waals surface area contributed by atoms with E-state index in [1.807, 2.05) is 12.1 Å². The van der Waals surface area contributed by atoms with E-state index in [-0.39, 0.29) is 5.91 Å². The van der Waals surface area contributed by atoms with Crippen LogP contribution in [-0.4, -0.2) is 58.3 Å². The van der Waals surface area contributed by atoms with Crippen LogP contribution in [0.15, 0.2) is 12.1 Å². The first kappa shape index (κ1) is 17.9. The Morgan fingerprint density at radius 3 is 2.20 bits per heavy atom. The SMILES string of the molecule is COc1cc(CCC(=O)N2C[C@@H]3CNC[C@@H](C3)C2)cc(OC)c1OC. The number of aryl methyl sites for hydroxylation is 1. The highest BCUT2D eigenvalue weighted by molar-refractivity contribution is 5.76. The number of ether oxygens (including phenoxy) is 3. The molecule has 2 atom stereocenters. The molecular weight excluding hydrogens is 320 g/mol. The Kier molecular flexibility index (Phi) is 5.68. The Balaban J connectivity index is 1.64. The van der Waals surface area contributed by atoms with E-state index in [1.54, 1.807) is 21.3 Å². The average molecular weight is 348 g/mol. The summed E-state index contributed by atoms with van der Waals surface area (Å²) in [5.74, 6) is 3.29. The molecule has 1 N–H and O–H groups in total. The van der Waals surface area contributed by atoms with Crippen LogP contribution in [0.2, 0.25) is 0 Å². The van der Waals surface area contributed by atoms with Crippen LogP contribution in [0.4, 0.5) is 0 Å². The van der Waals surface area contributed by atoms with Gasteiger partial charge in [-0.05, 0) is 55.5 Å². The van der Waals surface area contributed by atoms with Crippen molar-refractivity contribution in [2.24, 2.45) is 11.8 Å². The zero-order valence-corrected chi connectivity index (χ0v) is 15.3. The van der Waals surface area contributed by atoms with E-state index in [0.717, 1.165) is 31.7 Å². The minimum absolute atomic E-state index is 0.241. The van der Waals surface area contributed by atoms with Gasteiger partial charge in [0.2, 0.25) is 11.7 Å². The number of fused-ring (bicyclic) bond motifs is 2. The molecule has 6 heteroatoms. The van der Waals surface area contributed by atoms with Crippen LogP contribution in [0.5, 0.6) is 17.2 Å². The fourth-order valence-electron chi connectivity index (χ4n) is 4.00. The van der Waals surface area contributed by atoms with Crippen molar-refractivity contribution in [1.29, 1.82) is 0 Å². The van der Waals surface area contributed by atoms with Crippen molar-refractivity contribution in [2.45, 2.75) is 19.3 Å². The normalized spacial score (nSPS) is 22.4. The number of hydrogen-bond acceptors (Lipinski definition) is 5. The molecule has 0 aliphatic carbocycles. The lowest BCUT2D eigenvalue weighted by atomic mass is 9.85. The summed E-state index contributed by atoms with van der Waals surface area (Å²) in [7, 11) is 4.80. The van der Waals surface area contributed by atoms with E-state index in [4.69, 9.17) is 14.2 Å². The molecule has 1 aromatic rings. The molecule has 0 radical (unpaired) electrons. The van der Waals surface area contributed by atoms with Crippen LogP contribution in [0.3, 0.4) is 0 Å². The maximum Gasteiger partial charge on any atom is 0.222 e. The summed E-state index contributed by atoms with van der Waals surface area (Å²) in [5, 5.41) is 3.46. The number of hydrogen-bond donors (Lipinski definition) is 1. The number of carbonyl (C=O) groups excluding carboxylic acids is 1. The third-order valence-electron chi connectivity index (χ3n) is 5.19.